The summed E-state index contributed by atoms with van der Waals surface area (Å²) in [6, 6.07) is 18.3. The lowest BCUT2D eigenvalue weighted by molar-refractivity contribution is 0.306. The van der Waals surface area contributed by atoms with Gasteiger partial charge in [0.05, 0.1) is 0 Å². The molecule has 0 bridgehead atoms. The van der Waals surface area contributed by atoms with Crippen LogP contribution in [0.3, 0.4) is 0 Å². The maximum Gasteiger partial charge on any atom is 0.120 e. The Bertz CT molecular complexity index is 481. The summed E-state index contributed by atoms with van der Waals surface area (Å²) in [6.07, 6.45) is 0. The van der Waals surface area contributed by atoms with Gasteiger partial charge in [-0.05, 0) is 35.7 Å². The van der Waals surface area contributed by atoms with Crippen molar-refractivity contribution in [1.29, 1.82) is 0 Å². The maximum atomic E-state index is 5.79. The highest BCUT2D eigenvalue weighted by Crippen LogP contribution is 2.20. The summed E-state index contributed by atoms with van der Waals surface area (Å²) in [7, 11) is 0. The van der Waals surface area contributed by atoms with Crippen molar-refractivity contribution >= 4 is 0 Å². The molecule has 0 amide bonds. The second-order valence-corrected chi connectivity index (χ2v) is 4.48. The summed E-state index contributed by atoms with van der Waals surface area (Å²) in [5, 5.41) is 0. The monoisotopic (exact) mass is 241 g/mol. The van der Waals surface area contributed by atoms with Crippen LogP contribution in [0.15, 0.2) is 54.6 Å². The molecule has 0 aliphatic heterocycles. The summed E-state index contributed by atoms with van der Waals surface area (Å²) < 4.78 is 5.79. The van der Waals surface area contributed by atoms with E-state index in [1.165, 1.54) is 11.1 Å². The fourth-order valence-electron chi connectivity index (χ4n) is 1.79. The van der Waals surface area contributed by atoms with E-state index in [1.54, 1.807) is 0 Å². The van der Waals surface area contributed by atoms with Gasteiger partial charge >= 0.3 is 0 Å². The molecule has 18 heavy (non-hydrogen) atoms. The van der Waals surface area contributed by atoms with Crippen LogP contribution in [-0.4, -0.2) is 6.54 Å². The molecule has 0 fully saturated rings. The van der Waals surface area contributed by atoms with Crippen LogP contribution < -0.4 is 10.5 Å². The third-order valence-electron chi connectivity index (χ3n) is 3.03. The van der Waals surface area contributed by atoms with Crippen molar-refractivity contribution in [2.24, 2.45) is 5.73 Å². The molecule has 0 saturated carbocycles. The Hall–Kier alpha value is -1.80. The van der Waals surface area contributed by atoms with Gasteiger partial charge in [-0.3, -0.25) is 0 Å². The van der Waals surface area contributed by atoms with Gasteiger partial charge in [-0.1, -0.05) is 49.4 Å². The van der Waals surface area contributed by atoms with Crippen molar-refractivity contribution in [3.8, 4) is 5.75 Å². The number of benzene rings is 2. The van der Waals surface area contributed by atoms with Gasteiger partial charge in [-0.15, -0.1) is 0 Å². The van der Waals surface area contributed by atoms with Gasteiger partial charge in [0.15, 0.2) is 0 Å². The molecule has 0 aromatic heterocycles. The van der Waals surface area contributed by atoms with Crippen LogP contribution in [0.4, 0.5) is 0 Å². The molecule has 0 aliphatic carbocycles. The SMILES string of the molecule is CC(CN)c1cccc(OCc2ccccc2)c1. The highest BCUT2D eigenvalue weighted by molar-refractivity contribution is 5.31. The Balaban J connectivity index is 2.01. The predicted molar refractivity (Wildman–Crippen MR) is 74.7 cm³/mol. The minimum Gasteiger partial charge on any atom is -0.489 e. The van der Waals surface area contributed by atoms with Crippen molar-refractivity contribution in [3.05, 3.63) is 65.7 Å². The van der Waals surface area contributed by atoms with Crippen LogP contribution in [0.1, 0.15) is 24.0 Å². The average Bonchev–Trinajstić information content (AvgIpc) is 2.45. The zero-order chi connectivity index (χ0) is 12.8. The van der Waals surface area contributed by atoms with Crippen molar-refractivity contribution < 1.29 is 4.74 Å². The molecule has 1 unspecified atom stereocenters. The van der Waals surface area contributed by atoms with E-state index in [4.69, 9.17) is 10.5 Å². The molecule has 0 radical (unpaired) electrons. The van der Waals surface area contributed by atoms with E-state index in [9.17, 15) is 0 Å². The van der Waals surface area contributed by atoms with Gasteiger partial charge < -0.3 is 10.5 Å². The van der Waals surface area contributed by atoms with Crippen LogP contribution in [0.5, 0.6) is 5.75 Å². The second-order valence-electron chi connectivity index (χ2n) is 4.48. The smallest absolute Gasteiger partial charge is 0.120 e. The topological polar surface area (TPSA) is 35.2 Å². The Morgan fingerprint density at radius 1 is 1.06 bits per heavy atom. The van der Waals surface area contributed by atoms with E-state index in [-0.39, 0.29) is 0 Å². The molecule has 2 heteroatoms. The zero-order valence-electron chi connectivity index (χ0n) is 10.7. The Labute approximate surface area is 108 Å². The Kier molecular flexibility index (Phi) is 4.37. The molecule has 2 N–H and O–H groups in total. The first-order valence-electron chi connectivity index (χ1n) is 6.26. The molecule has 0 saturated heterocycles. The highest BCUT2D eigenvalue weighted by atomic mass is 16.5. The Morgan fingerprint density at radius 3 is 2.56 bits per heavy atom. The number of nitrogens with two attached hydrogens (primary N) is 1. The lowest BCUT2D eigenvalue weighted by atomic mass is 10.0. The number of hydrogen-bond donors (Lipinski definition) is 1. The van der Waals surface area contributed by atoms with Crippen molar-refractivity contribution in [3.63, 3.8) is 0 Å². The average molecular weight is 241 g/mol. The number of hydrogen-bond acceptors (Lipinski definition) is 2. The molecule has 2 aromatic carbocycles. The fourth-order valence-corrected chi connectivity index (χ4v) is 1.79. The van der Waals surface area contributed by atoms with E-state index in [2.05, 4.69) is 31.2 Å². The second kappa shape index (κ2) is 6.22. The van der Waals surface area contributed by atoms with Crippen LogP contribution in [-0.2, 0) is 6.61 Å². The molecule has 2 nitrogen and oxygen atoms in total. The summed E-state index contributed by atoms with van der Waals surface area (Å²) >= 11 is 0. The predicted octanol–water partition coefficient (Wildman–Crippen LogP) is 3.33. The molecule has 2 aromatic rings. The first-order valence-corrected chi connectivity index (χ1v) is 6.26. The van der Waals surface area contributed by atoms with Crippen LogP contribution in [0, 0.1) is 0 Å². The van der Waals surface area contributed by atoms with Gasteiger partial charge in [0, 0.05) is 0 Å². The van der Waals surface area contributed by atoms with Crippen molar-refractivity contribution in [2.45, 2.75) is 19.4 Å². The standard InChI is InChI=1S/C16H19NO/c1-13(11-17)15-8-5-9-16(10-15)18-12-14-6-3-2-4-7-14/h2-10,13H,11-12,17H2,1H3. The number of rotatable bonds is 5. The van der Waals surface area contributed by atoms with E-state index in [1.807, 2.05) is 30.3 Å². The molecule has 0 heterocycles. The minimum absolute atomic E-state index is 0.366. The van der Waals surface area contributed by atoms with Gasteiger partial charge in [0.1, 0.15) is 12.4 Å². The lowest BCUT2D eigenvalue weighted by Crippen LogP contribution is -2.08. The third-order valence-corrected chi connectivity index (χ3v) is 3.03. The van der Waals surface area contributed by atoms with Crippen molar-refractivity contribution in [1.82, 2.24) is 0 Å². The van der Waals surface area contributed by atoms with Crippen LogP contribution in [0.25, 0.3) is 0 Å². The molecule has 94 valence electrons. The van der Waals surface area contributed by atoms with Gasteiger partial charge in [0.2, 0.25) is 0 Å². The fraction of sp³-hybridized carbons (Fsp3) is 0.250. The lowest BCUT2D eigenvalue weighted by Gasteiger charge is -2.11. The highest BCUT2D eigenvalue weighted by Gasteiger charge is 2.04. The van der Waals surface area contributed by atoms with Crippen LogP contribution in [0.2, 0.25) is 0 Å². The largest absolute Gasteiger partial charge is 0.489 e. The summed E-state index contributed by atoms with van der Waals surface area (Å²) in [6.45, 7) is 3.37. The van der Waals surface area contributed by atoms with Crippen molar-refractivity contribution in [2.75, 3.05) is 6.54 Å². The van der Waals surface area contributed by atoms with Gasteiger partial charge in [-0.25, -0.2) is 0 Å². The van der Waals surface area contributed by atoms with E-state index in [0.29, 0.717) is 19.1 Å². The molecular formula is C16H19NO. The maximum absolute atomic E-state index is 5.79. The summed E-state index contributed by atoms with van der Waals surface area (Å²) in [5.41, 5.74) is 8.08. The van der Waals surface area contributed by atoms with E-state index in [0.717, 1.165) is 5.75 Å². The molecule has 0 spiro atoms. The van der Waals surface area contributed by atoms with Gasteiger partial charge in [0.25, 0.3) is 0 Å². The first-order chi connectivity index (χ1) is 8.79. The normalized spacial score (nSPS) is 12.1. The molecular weight excluding hydrogens is 222 g/mol. The van der Waals surface area contributed by atoms with Gasteiger partial charge in [-0.2, -0.15) is 0 Å². The van der Waals surface area contributed by atoms with E-state index >= 15 is 0 Å². The zero-order valence-corrected chi connectivity index (χ0v) is 10.7. The van der Waals surface area contributed by atoms with Crippen LogP contribution >= 0.6 is 0 Å². The quantitative estimate of drug-likeness (QED) is 0.871. The number of ether oxygens (including phenoxy) is 1. The minimum atomic E-state index is 0.366. The molecule has 0 aliphatic rings. The summed E-state index contributed by atoms with van der Waals surface area (Å²) in [5.74, 6) is 1.27. The Morgan fingerprint density at radius 2 is 1.83 bits per heavy atom. The third kappa shape index (κ3) is 3.34. The van der Waals surface area contributed by atoms with E-state index < -0.39 is 0 Å². The molecule has 1 atom stereocenters. The summed E-state index contributed by atoms with van der Waals surface area (Å²) in [4.78, 5) is 0. The molecule has 2 rings (SSSR count). The first kappa shape index (κ1) is 12.7.